The normalized spacial score (nSPS) is 11.1. The Labute approximate surface area is 260 Å². The summed E-state index contributed by atoms with van der Waals surface area (Å²) in [7, 11) is 1.31. The quantitative estimate of drug-likeness (QED) is 0.0608. The summed E-state index contributed by atoms with van der Waals surface area (Å²) in [5, 5.41) is 0. The molecule has 0 spiro atoms. The molecule has 0 N–H and O–H groups in total. The summed E-state index contributed by atoms with van der Waals surface area (Å²) in [4.78, 5) is 21.5. The highest BCUT2D eigenvalue weighted by molar-refractivity contribution is 5.74. The number of esters is 1. The van der Waals surface area contributed by atoms with Crippen LogP contribution in [0.4, 0.5) is 0 Å². The van der Waals surface area contributed by atoms with Crippen molar-refractivity contribution in [1.29, 1.82) is 0 Å². The lowest BCUT2D eigenvalue weighted by molar-refractivity contribution is -0.146. The number of benzene rings is 1. The highest BCUT2D eigenvalue weighted by Crippen LogP contribution is 2.10. The molecule has 0 bridgehead atoms. The second-order valence-corrected chi connectivity index (χ2v) is 8.68. The number of aldehydes is 1. The third-order valence-electron chi connectivity index (χ3n) is 5.31. The average Bonchev–Trinajstić information content (AvgIpc) is 3.05. The number of rotatable bonds is 34. The highest BCUT2D eigenvalue weighted by Gasteiger charge is 2.00. The number of carbonyl (C=O) groups is 2. The Morgan fingerprint density at radius 1 is 0.477 bits per heavy atom. The predicted octanol–water partition coefficient (Wildman–Crippen LogP) is 1.22. The van der Waals surface area contributed by atoms with Crippen molar-refractivity contribution < 1.29 is 66.4 Å². The van der Waals surface area contributed by atoms with Crippen LogP contribution in [0.1, 0.15) is 10.4 Å². The van der Waals surface area contributed by atoms with Crippen LogP contribution in [0.15, 0.2) is 24.3 Å². The van der Waals surface area contributed by atoms with Gasteiger partial charge in [-0.2, -0.15) is 0 Å². The summed E-state index contributed by atoms with van der Waals surface area (Å²) in [6.45, 7) is 9.19. The largest absolute Gasteiger partial charge is 0.491 e. The molecule has 0 amide bonds. The maximum absolute atomic E-state index is 10.8. The predicted molar refractivity (Wildman–Crippen MR) is 158 cm³/mol. The van der Waals surface area contributed by atoms with Crippen LogP contribution in [0.25, 0.3) is 0 Å². The van der Waals surface area contributed by atoms with Gasteiger partial charge in [0.05, 0.1) is 133 Å². The topological polar surface area (TPSA) is 145 Å². The first-order valence-corrected chi connectivity index (χ1v) is 14.8. The number of carbonyl (C=O) groups excluding carboxylic acids is 2. The Morgan fingerprint density at radius 2 is 0.773 bits per heavy atom. The van der Waals surface area contributed by atoms with Crippen molar-refractivity contribution in [2.75, 3.05) is 146 Å². The van der Waals surface area contributed by atoms with E-state index in [0.29, 0.717) is 143 Å². The van der Waals surface area contributed by atoms with Crippen molar-refractivity contribution in [3.63, 3.8) is 0 Å². The Hall–Kier alpha value is -2.24. The number of ether oxygens (including phenoxy) is 12. The molecule has 0 saturated carbocycles. The van der Waals surface area contributed by atoms with Crippen molar-refractivity contribution in [1.82, 2.24) is 0 Å². The van der Waals surface area contributed by atoms with Gasteiger partial charge < -0.3 is 56.8 Å². The van der Waals surface area contributed by atoms with Gasteiger partial charge >= 0.3 is 5.97 Å². The van der Waals surface area contributed by atoms with Gasteiger partial charge in [-0.15, -0.1) is 0 Å². The summed E-state index contributed by atoms with van der Waals surface area (Å²) in [6, 6.07) is 6.92. The van der Waals surface area contributed by atoms with Crippen LogP contribution >= 0.6 is 0 Å². The minimum absolute atomic E-state index is 0.0734. The number of hydrogen-bond acceptors (Lipinski definition) is 14. The SMILES string of the molecule is COC(=O)COCCOCCOCCOCCOCCOCCOCCOCCOCCOCCOc1ccc(C=O)cc1. The molecule has 0 aliphatic heterocycles. The van der Waals surface area contributed by atoms with Crippen LogP contribution < -0.4 is 4.74 Å². The molecule has 1 aromatic rings. The maximum atomic E-state index is 10.8. The molecule has 0 heterocycles. The lowest BCUT2D eigenvalue weighted by Gasteiger charge is -2.09. The van der Waals surface area contributed by atoms with Crippen LogP contribution in [0.2, 0.25) is 0 Å². The fourth-order valence-corrected chi connectivity index (χ4v) is 3.05. The molecule has 14 heteroatoms. The van der Waals surface area contributed by atoms with Crippen LogP contribution in [-0.4, -0.2) is 158 Å². The third-order valence-corrected chi connectivity index (χ3v) is 5.31. The molecule has 254 valence electrons. The van der Waals surface area contributed by atoms with E-state index >= 15 is 0 Å². The second kappa shape index (κ2) is 32.2. The molecular formula is C30H50O14. The van der Waals surface area contributed by atoms with Gasteiger partial charge in [-0.3, -0.25) is 4.79 Å². The van der Waals surface area contributed by atoms with E-state index in [1.807, 2.05) is 0 Å². The average molecular weight is 635 g/mol. The van der Waals surface area contributed by atoms with E-state index in [1.165, 1.54) is 7.11 Å². The Morgan fingerprint density at radius 3 is 1.07 bits per heavy atom. The fourth-order valence-electron chi connectivity index (χ4n) is 3.05. The summed E-state index contributed by atoms with van der Waals surface area (Å²) in [5.74, 6) is 0.289. The minimum Gasteiger partial charge on any atom is -0.491 e. The molecule has 1 aromatic carbocycles. The smallest absolute Gasteiger partial charge is 0.331 e. The van der Waals surface area contributed by atoms with Crippen molar-refractivity contribution in [2.24, 2.45) is 0 Å². The van der Waals surface area contributed by atoms with E-state index in [1.54, 1.807) is 24.3 Å². The van der Waals surface area contributed by atoms with Crippen LogP contribution in [-0.2, 0) is 56.9 Å². The summed E-state index contributed by atoms with van der Waals surface area (Å²) in [6.07, 6.45) is 0.794. The molecule has 0 saturated heterocycles. The minimum atomic E-state index is -0.411. The van der Waals surface area contributed by atoms with Crippen molar-refractivity contribution in [3.05, 3.63) is 29.8 Å². The van der Waals surface area contributed by atoms with Crippen LogP contribution in [0.3, 0.4) is 0 Å². The Balaban J connectivity index is 1.65. The van der Waals surface area contributed by atoms with Crippen LogP contribution in [0, 0.1) is 0 Å². The summed E-state index contributed by atoms with van der Waals surface area (Å²) < 4.78 is 63.9. The van der Waals surface area contributed by atoms with Gasteiger partial charge in [0.15, 0.2) is 0 Å². The standard InChI is InChI=1S/C30H50O14/c1-33-30(32)27-43-23-22-41-19-18-39-15-14-37-11-10-35-7-6-34-8-9-36-12-13-38-16-17-40-20-21-42-24-25-44-29-4-2-28(26-31)3-5-29/h2-5,26H,6-25,27H2,1H3. The van der Waals surface area contributed by atoms with Gasteiger partial charge in [0.25, 0.3) is 0 Å². The molecule has 0 radical (unpaired) electrons. The van der Waals surface area contributed by atoms with E-state index in [-0.39, 0.29) is 6.61 Å². The van der Waals surface area contributed by atoms with E-state index in [2.05, 4.69) is 4.74 Å². The first kappa shape index (κ1) is 39.8. The van der Waals surface area contributed by atoms with Crippen LogP contribution in [0.5, 0.6) is 5.75 Å². The molecule has 14 nitrogen and oxygen atoms in total. The van der Waals surface area contributed by atoms with Crippen molar-refractivity contribution in [3.8, 4) is 5.75 Å². The van der Waals surface area contributed by atoms with E-state index < -0.39 is 5.97 Å². The summed E-state index contributed by atoms with van der Waals surface area (Å²) in [5.41, 5.74) is 0.615. The zero-order valence-corrected chi connectivity index (χ0v) is 26.0. The number of methoxy groups -OCH3 is 1. The second-order valence-electron chi connectivity index (χ2n) is 8.68. The van der Waals surface area contributed by atoms with E-state index in [4.69, 9.17) is 52.1 Å². The lowest BCUT2D eigenvalue weighted by Crippen LogP contribution is -2.16. The fraction of sp³-hybridized carbons (Fsp3) is 0.733. The first-order chi connectivity index (χ1) is 21.8. The number of hydrogen-bond donors (Lipinski definition) is 0. The third kappa shape index (κ3) is 27.3. The van der Waals surface area contributed by atoms with Gasteiger partial charge in [-0.05, 0) is 24.3 Å². The van der Waals surface area contributed by atoms with Crippen molar-refractivity contribution >= 4 is 12.3 Å². The monoisotopic (exact) mass is 634 g/mol. The molecule has 0 fully saturated rings. The van der Waals surface area contributed by atoms with E-state index in [0.717, 1.165) is 6.29 Å². The zero-order valence-electron chi connectivity index (χ0n) is 26.0. The molecular weight excluding hydrogens is 584 g/mol. The van der Waals surface area contributed by atoms with Gasteiger partial charge in [0, 0.05) is 5.56 Å². The Bertz CT molecular complexity index is 765. The maximum Gasteiger partial charge on any atom is 0.331 e. The lowest BCUT2D eigenvalue weighted by atomic mass is 10.2. The molecule has 0 atom stereocenters. The highest BCUT2D eigenvalue weighted by atomic mass is 16.6. The van der Waals surface area contributed by atoms with Gasteiger partial charge in [-0.1, -0.05) is 0 Å². The van der Waals surface area contributed by atoms with Crippen molar-refractivity contribution in [2.45, 2.75) is 0 Å². The molecule has 0 aliphatic carbocycles. The molecule has 0 aliphatic rings. The zero-order chi connectivity index (χ0) is 31.6. The molecule has 44 heavy (non-hydrogen) atoms. The summed E-state index contributed by atoms with van der Waals surface area (Å²) >= 11 is 0. The molecule has 0 aromatic heterocycles. The van der Waals surface area contributed by atoms with Gasteiger partial charge in [0.2, 0.25) is 0 Å². The molecule has 0 unspecified atom stereocenters. The first-order valence-electron chi connectivity index (χ1n) is 14.8. The van der Waals surface area contributed by atoms with Gasteiger partial charge in [-0.25, -0.2) is 4.79 Å². The van der Waals surface area contributed by atoms with E-state index in [9.17, 15) is 9.59 Å². The van der Waals surface area contributed by atoms with Gasteiger partial charge in [0.1, 0.15) is 25.2 Å². The molecule has 1 rings (SSSR count). The Kier molecular flexibility index (Phi) is 29.1.